The highest BCUT2D eigenvalue weighted by Crippen LogP contribution is 2.33. The van der Waals surface area contributed by atoms with E-state index < -0.39 is 0 Å². The van der Waals surface area contributed by atoms with Gasteiger partial charge in [0, 0.05) is 25.6 Å². The molecule has 7 nitrogen and oxygen atoms in total. The Kier molecular flexibility index (Phi) is 4.24. The third-order valence-corrected chi connectivity index (χ3v) is 5.69. The Hall–Kier alpha value is -2.54. The number of nitrogens with zero attached hydrogens (tertiary/aromatic N) is 3. The van der Waals surface area contributed by atoms with E-state index in [1.807, 2.05) is 6.07 Å². The van der Waals surface area contributed by atoms with Gasteiger partial charge in [-0.3, -0.25) is 14.4 Å². The summed E-state index contributed by atoms with van der Waals surface area (Å²) in [5, 5.41) is 7.68. The Morgan fingerprint density at radius 1 is 1.19 bits per heavy atom. The molecular weight excluding hydrogens is 344 g/mol. The molecule has 3 heterocycles. The second-order valence-electron chi connectivity index (χ2n) is 7.59. The molecular formula is C20H24N4O3. The largest absolute Gasteiger partial charge is 0.454 e. The van der Waals surface area contributed by atoms with Crippen LogP contribution in [0.2, 0.25) is 0 Å². The summed E-state index contributed by atoms with van der Waals surface area (Å²) < 4.78 is 12.9. The summed E-state index contributed by atoms with van der Waals surface area (Å²) in [5.74, 6) is 2.05. The Morgan fingerprint density at radius 2 is 2.07 bits per heavy atom. The number of hydrogen-bond acceptors (Lipinski definition) is 5. The highest BCUT2D eigenvalue weighted by Gasteiger charge is 2.25. The van der Waals surface area contributed by atoms with E-state index in [-0.39, 0.29) is 11.8 Å². The maximum absolute atomic E-state index is 12.0. The summed E-state index contributed by atoms with van der Waals surface area (Å²) in [4.78, 5) is 14.4. The first kappa shape index (κ1) is 16.6. The second-order valence-corrected chi connectivity index (χ2v) is 7.59. The number of ether oxygens (including phenoxy) is 2. The summed E-state index contributed by atoms with van der Waals surface area (Å²) in [5.41, 5.74) is 3.37. The average molecular weight is 368 g/mol. The number of aromatic nitrogens is 2. The molecule has 2 aromatic rings. The van der Waals surface area contributed by atoms with E-state index in [0.29, 0.717) is 13.3 Å². The molecule has 0 saturated heterocycles. The van der Waals surface area contributed by atoms with E-state index in [1.165, 1.54) is 17.7 Å². The van der Waals surface area contributed by atoms with Crippen molar-refractivity contribution in [3.8, 4) is 11.5 Å². The van der Waals surface area contributed by atoms with E-state index in [2.05, 4.69) is 38.2 Å². The monoisotopic (exact) mass is 368 g/mol. The average Bonchev–Trinajstić information content (AvgIpc) is 3.23. The van der Waals surface area contributed by atoms with Crippen LogP contribution < -0.4 is 14.8 Å². The van der Waals surface area contributed by atoms with Gasteiger partial charge in [-0.25, -0.2) is 0 Å². The molecule has 1 aromatic carbocycles. The smallest absolute Gasteiger partial charge is 0.231 e. The molecule has 0 unspecified atom stereocenters. The summed E-state index contributed by atoms with van der Waals surface area (Å²) in [7, 11) is 0. The number of hydrogen-bond donors (Lipinski definition) is 1. The van der Waals surface area contributed by atoms with Gasteiger partial charge in [0.15, 0.2) is 11.5 Å². The topological polar surface area (TPSA) is 68.6 Å². The first-order valence-electron chi connectivity index (χ1n) is 9.69. The molecule has 27 heavy (non-hydrogen) atoms. The van der Waals surface area contributed by atoms with Gasteiger partial charge in [-0.1, -0.05) is 12.5 Å². The lowest BCUT2D eigenvalue weighted by atomic mass is 9.85. The SMILES string of the molecule is O=C(NCc1cc2n(n1)CCN(Cc1ccc3c(c1)OCO3)C2)C1CCC1. The van der Waals surface area contributed by atoms with Crippen molar-refractivity contribution in [2.75, 3.05) is 13.3 Å². The fourth-order valence-corrected chi connectivity index (χ4v) is 3.89. The predicted molar refractivity (Wildman–Crippen MR) is 98.1 cm³/mol. The molecule has 0 atom stereocenters. The van der Waals surface area contributed by atoms with Gasteiger partial charge in [-0.15, -0.1) is 0 Å². The van der Waals surface area contributed by atoms with Crippen LogP contribution in [0, 0.1) is 5.92 Å². The molecule has 1 fully saturated rings. The Morgan fingerprint density at radius 3 is 2.93 bits per heavy atom. The lowest BCUT2D eigenvalue weighted by molar-refractivity contribution is -0.127. The maximum Gasteiger partial charge on any atom is 0.231 e. The van der Waals surface area contributed by atoms with Crippen LogP contribution >= 0.6 is 0 Å². The fraction of sp³-hybridized carbons (Fsp3) is 0.500. The van der Waals surface area contributed by atoms with Gasteiger partial charge in [-0.2, -0.15) is 5.10 Å². The number of fused-ring (bicyclic) bond motifs is 2. The lowest BCUT2D eigenvalue weighted by Gasteiger charge is -2.27. The zero-order valence-corrected chi connectivity index (χ0v) is 15.3. The molecule has 1 N–H and O–H groups in total. The molecule has 1 aliphatic carbocycles. The van der Waals surface area contributed by atoms with E-state index >= 15 is 0 Å². The van der Waals surface area contributed by atoms with E-state index in [1.54, 1.807) is 0 Å². The Bertz CT molecular complexity index is 859. The summed E-state index contributed by atoms with van der Waals surface area (Å²) >= 11 is 0. The standard InChI is InChI=1S/C20H24N4O3/c25-20(15-2-1-3-15)21-10-16-9-17-12-23(6-7-24(17)22-16)11-14-4-5-18-19(8-14)27-13-26-18/h4-5,8-9,15H,1-3,6-7,10-13H2,(H,21,25). The van der Waals surface area contributed by atoms with E-state index in [9.17, 15) is 4.79 Å². The zero-order chi connectivity index (χ0) is 18.2. The number of nitrogens with one attached hydrogen (secondary N) is 1. The molecule has 2 aliphatic heterocycles. The second kappa shape index (κ2) is 6.88. The molecule has 0 radical (unpaired) electrons. The minimum Gasteiger partial charge on any atom is -0.454 e. The Balaban J connectivity index is 1.19. The van der Waals surface area contributed by atoms with Crippen molar-refractivity contribution >= 4 is 5.91 Å². The Labute approximate surface area is 158 Å². The van der Waals surface area contributed by atoms with Crippen molar-refractivity contribution in [3.63, 3.8) is 0 Å². The third kappa shape index (κ3) is 3.39. The molecule has 1 saturated carbocycles. The van der Waals surface area contributed by atoms with Crippen LogP contribution in [0.15, 0.2) is 24.3 Å². The van der Waals surface area contributed by atoms with Crippen LogP contribution in [0.3, 0.4) is 0 Å². The van der Waals surface area contributed by atoms with Gasteiger partial charge in [0.2, 0.25) is 12.7 Å². The van der Waals surface area contributed by atoms with Gasteiger partial charge < -0.3 is 14.8 Å². The van der Waals surface area contributed by atoms with Gasteiger partial charge in [-0.05, 0) is 36.6 Å². The first-order chi connectivity index (χ1) is 13.2. The van der Waals surface area contributed by atoms with Crippen molar-refractivity contribution in [2.45, 2.75) is 45.4 Å². The fourth-order valence-electron chi connectivity index (χ4n) is 3.89. The number of amides is 1. The van der Waals surface area contributed by atoms with Gasteiger partial charge in [0.1, 0.15) is 0 Å². The minimum absolute atomic E-state index is 0.177. The van der Waals surface area contributed by atoms with Gasteiger partial charge in [0.05, 0.1) is 24.5 Å². The molecule has 0 spiro atoms. The molecule has 1 aromatic heterocycles. The molecule has 5 rings (SSSR count). The van der Waals surface area contributed by atoms with Crippen molar-refractivity contribution in [1.82, 2.24) is 20.0 Å². The van der Waals surface area contributed by atoms with Crippen LogP contribution in [0.25, 0.3) is 0 Å². The van der Waals surface area contributed by atoms with Crippen molar-refractivity contribution in [2.24, 2.45) is 5.92 Å². The van der Waals surface area contributed by atoms with Crippen LogP contribution in [-0.2, 0) is 31.0 Å². The molecule has 142 valence electrons. The zero-order valence-electron chi connectivity index (χ0n) is 15.3. The minimum atomic E-state index is 0.177. The van der Waals surface area contributed by atoms with Crippen LogP contribution in [0.5, 0.6) is 11.5 Å². The number of carbonyl (C=O) groups excluding carboxylic acids is 1. The van der Waals surface area contributed by atoms with Crippen molar-refractivity contribution in [3.05, 3.63) is 41.2 Å². The molecule has 1 amide bonds. The predicted octanol–water partition coefficient (Wildman–Crippen LogP) is 2.04. The number of carbonyl (C=O) groups is 1. The maximum atomic E-state index is 12.0. The molecule has 0 bridgehead atoms. The van der Waals surface area contributed by atoms with Crippen LogP contribution in [0.1, 0.15) is 36.2 Å². The van der Waals surface area contributed by atoms with Gasteiger partial charge in [0.25, 0.3) is 0 Å². The highest BCUT2D eigenvalue weighted by molar-refractivity contribution is 5.79. The first-order valence-corrected chi connectivity index (χ1v) is 9.69. The lowest BCUT2D eigenvalue weighted by Crippen LogP contribution is -2.34. The number of rotatable bonds is 5. The van der Waals surface area contributed by atoms with E-state index in [0.717, 1.165) is 56.2 Å². The van der Waals surface area contributed by atoms with Gasteiger partial charge >= 0.3 is 0 Å². The molecule has 7 heteroatoms. The summed E-state index contributed by atoms with van der Waals surface area (Å²) in [6.07, 6.45) is 3.23. The van der Waals surface area contributed by atoms with Crippen molar-refractivity contribution in [1.29, 1.82) is 0 Å². The van der Waals surface area contributed by atoms with Crippen LogP contribution in [0.4, 0.5) is 0 Å². The summed E-state index contributed by atoms with van der Waals surface area (Å²) in [6, 6.07) is 8.26. The summed E-state index contributed by atoms with van der Waals surface area (Å²) in [6.45, 7) is 4.39. The molecule has 3 aliphatic rings. The highest BCUT2D eigenvalue weighted by atomic mass is 16.7. The third-order valence-electron chi connectivity index (χ3n) is 5.69. The number of benzene rings is 1. The normalized spacial score (nSPS) is 18.8. The van der Waals surface area contributed by atoms with Crippen molar-refractivity contribution < 1.29 is 14.3 Å². The van der Waals surface area contributed by atoms with E-state index in [4.69, 9.17) is 9.47 Å². The van der Waals surface area contributed by atoms with Crippen LogP contribution in [-0.4, -0.2) is 33.9 Å². The quantitative estimate of drug-likeness (QED) is 0.875.